The van der Waals surface area contributed by atoms with Crippen molar-refractivity contribution in [3.63, 3.8) is 0 Å². The molecule has 158 valence electrons. The minimum atomic E-state index is 0.292. The predicted molar refractivity (Wildman–Crippen MR) is 119 cm³/mol. The number of nitrogens with zero attached hydrogens (tertiary/aromatic N) is 2. The van der Waals surface area contributed by atoms with Crippen molar-refractivity contribution < 1.29 is 4.79 Å². The molecule has 0 spiro atoms. The van der Waals surface area contributed by atoms with E-state index in [1.807, 2.05) is 6.92 Å². The summed E-state index contributed by atoms with van der Waals surface area (Å²) in [4.78, 5) is 18.1. The quantitative estimate of drug-likeness (QED) is 0.646. The molecule has 4 fully saturated rings. The van der Waals surface area contributed by atoms with Crippen LogP contribution in [0, 0.1) is 11.8 Å². The first-order valence-electron chi connectivity index (χ1n) is 12.4. The molecule has 0 N–H and O–H groups in total. The molecular weight excluding hydrogens is 356 g/mol. The molecular formula is C26H38N2O. The Morgan fingerprint density at radius 3 is 2.10 bits per heavy atom. The fraction of sp³-hybridized carbons (Fsp3) is 0.731. The van der Waals surface area contributed by atoms with Gasteiger partial charge in [-0.25, -0.2) is 0 Å². The maximum Gasteiger partial charge on any atom is 0.226 e. The molecule has 29 heavy (non-hydrogen) atoms. The standard InChI is InChI=1S/C26H38N2O/c1-2-26(29)28(21-10-4-3-5-11-21)25-17-22-12-7-13-23(18-25)27(22)24-15-19-8-6-9-20(14-19)16-24/h3-5,10-11,19-20,22-25H,2,6-9,12-18H2,1H3. The van der Waals surface area contributed by atoms with Crippen molar-refractivity contribution in [3.05, 3.63) is 30.3 Å². The lowest BCUT2D eigenvalue weighted by Gasteiger charge is -2.56. The molecule has 1 amide bonds. The van der Waals surface area contributed by atoms with Gasteiger partial charge in [0.15, 0.2) is 0 Å². The zero-order valence-electron chi connectivity index (χ0n) is 18.1. The highest BCUT2D eigenvalue weighted by atomic mass is 16.2. The molecule has 2 heterocycles. The molecule has 4 aliphatic rings. The molecule has 4 bridgehead atoms. The Morgan fingerprint density at radius 2 is 1.48 bits per heavy atom. The highest BCUT2D eigenvalue weighted by Gasteiger charge is 2.46. The zero-order chi connectivity index (χ0) is 19.8. The topological polar surface area (TPSA) is 23.6 Å². The summed E-state index contributed by atoms with van der Waals surface area (Å²) in [5, 5.41) is 0. The van der Waals surface area contributed by atoms with Gasteiger partial charge in [0.1, 0.15) is 0 Å². The first-order chi connectivity index (χ1) is 14.2. The molecule has 2 saturated heterocycles. The third-order valence-corrected chi connectivity index (χ3v) is 8.50. The molecule has 1 aromatic carbocycles. The number of hydrogen-bond donors (Lipinski definition) is 0. The van der Waals surface area contributed by atoms with Gasteiger partial charge in [0.2, 0.25) is 5.91 Å². The van der Waals surface area contributed by atoms with Gasteiger partial charge < -0.3 is 4.90 Å². The van der Waals surface area contributed by atoms with Crippen LogP contribution in [0.5, 0.6) is 0 Å². The molecule has 4 atom stereocenters. The lowest BCUT2D eigenvalue weighted by Crippen LogP contribution is -2.62. The fourth-order valence-electron chi connectivity index (χ4n) is 7.45. The molecule has 0 radical (unpaired) electrons. The van der Waals surface area contributed by atoms with E-state index in [-0.39, 0.29) is 0 Å². The second kappa shape index (κ2) is 8.41. The van der Waals surface area contributed by atoms with Crippen LogP contribution < -0.4 is 4.90 Å². The summed E-state index contributed by atoms with van der Waals surface area (Å²) < 4.78 is 0. The van der Waals surface area contributed by atoms with Crippen LogP contribution in [0.2, 0.25) is 0 Å². The highest BCUT2D eigenvalue weighted by Crippen LogP contribution is 2.46. The second-order valence-electron chi connectivity index (χ2n) is 10.3. The molecule has 3 nitrogen and oxygen atoms in total. The van der Waals surface area contributed by atoms with Crippen LogP contribution in [0.4, 0.5) is 5.69 Å². The van der Waals surface area contributed by atoms with Gasteiger partial charge in [-0.2, -0.15) is 0 Å². The van der Waals surface area contributed by atoms with Gasteiger partial charge >= 0.3 is 0 Å². The molecule has 2 aliphatic carbocycles. The lowest BCUT2D eigenvalue weighted by atomic mass is 9.68. The number of carbonyl (C=O) groups is 1. The molecule has 2 saturated carbocycles. The Bertz CT molecular complexity index is 678. The minimum absolute atomic E-state index is 0.292. The number of anilines is 1. The first-order valence-corrected chi connectivity index (χ1v) is 12.4. The largest absolute Gasteiger partial charge is 0.309 e. The molecule has 0 aromatic heterocycles. The Hall–Kier alpha value is -1.35. The Labute approximate surface area is 176 Å². The van der Waals surface area contributed by atoms with E-state index in [0.29, 0.717) is 30.5 Å². The minimum Gasteiger partial charge on any atom is -0.309 e. The van der Waals surface area contributed by atoms with Gasteiger partial charge in [0.25, 0.3) is 0 Å². The van der Waals surface area contributed by atoms with Crippen molar-refractivity contribution in [2.75, 3.05) is 4.90 Å². The van der Waals surface area contributed by atoms with Gasteiger partial charge in [0.05, 0.1) is 0 Å². The van der Waals surface area contributed by atoms with Gasteiger partial charge in [-0.05, 0) is 68.9 Å². The predicted octanol–water partition coefficient (Wildman–Crippen LogP) is 5.78. The van der Waals surface area contributed by atoms with Crippen LogP contribution in [0.1, 0.15) is 84.0 Å². The van der Waals surface area contributed by atoms with E-state index in [2.05, 4.69) is 40.1 Å². The van der Waals surface area contributed by atoms with Crippen molar-refractivity contribution in [2.45, 2.75) is 108 Å². The van der Waals surface area contributed by atoms with E-state index in [0.717, 1.165) is 23.6 Å². The van der Waals surface area contributed by atoms with Crippen LogP contribution in [0.3, 0.4) is 0 Å². The Balaban J connectivity index is 1.36. The van der Waals surface area contributed by atoms with Crippen LogP contribution in [0.25, 0.3) is 0 Å². The van der Waals surface area contributed by atoms with Gasteiger partial charge in [0, 0.05) is 36.3 Å². The monoisotopic (exact) mass is 394 g/mol. The Morgan fingerprint density at radius 1 is 0.862 bits per heavy atom. The van der Waals surface area contributed by atoms with Crippen LogP contribution in [-0.2, 0) is 4.79 Å². The second-order valence-corrected chi connectivity index (χ2v) is 10.3. The highest BCUT2D eigenvalue weighted by molar-refractivity contribution is 5.93. The number of hydrogen-bond acceptors (Lipinski definition) is 2. The summed E-state index contributed by atoms with van der Waals surface area (Å²) in [6, 6.07) is 13.0. The lowest BCUT2D eigenvalue weighted by molar-refractivity contribution is -0.119. The number of para-hydroxylation sites is 1. The summed E-state index contributed by atoms with van der Waals surface area (Å²) in [6.45, 7) is 2.01. The summed E-state index contributed by atoms with van der Waals surface area (Å²) in [5.41, 5.74) is 1.10. The summed E-state index contributed by atoms with van der Waals surface area (Å²) in [5.74, 6) is 2.28. The van der Waals surface area contributed by atoms with Crippen molar-refractivity contribution in [1.82, 2.24) is 4.90 Å². The van der Waals surface area contributed by atoms with E-state index >= 15 is 0 Å². The van der Waals surface area contributed by atoms with Crippen molar-refractivity contribution >= 4 is 11.6 Å². The Kier molecular flexibility index (Phi) is 5.69. The van der Waals surface area contributed by atoms with Crippen molar-refractivity contribution in [2.24, 2.45) is 11.8 Å². The number of piperidine rings is 2. The summed E-state index contributed by atoms with van der Waals surface area (Å²) in [6.07, 6.45) is 15.8. The van der Waals surface area contributed by atoms with Gasteiger partial charge in [-0.1, -0.05) is 50.8 Å². The van der Waals surface area contributed by atoms with Gasteiger partial charge in [-0.3, -0.25) is 9.69 Å². The number of benzene rings is 1. The third kappa shape index (κ3) is 3.87. The third-order valence-electron chi connectivity index (χ3n) is 8.50. The van der Waals surface area contributed by atoms with Crippen LogP contribution in [-0.4, -0.2) is 35.0 Å². The zero-order valence-corrected chi connectivity index (χ0v) is 18.1. The van der Waals surface area contributed by atoms with Crippen molar-refractivity contribution in [3.8, 4) is 0 Å². The first kappa shape index (κ1) is 19.6. The molecule has 2 aliphatic heterocycles. The smallest absolute Gasteiger partial charge is 0.226 e. The van der Waals surface area contributed by atoms with E-state index in [1.165, 1.54) is 70.6 Å². The van der Waals surface area contributed by atoms with Gasteiger partial charge in [-0.15, -0.1) is 0 Å². The maximum absolute atomic E-state index is 13.0. The number of amides is 1. The van der Waals surface area contributed by atoms with Crippen molar-refractivity contribution in [1.29, 1.82) is 0 Å². The number of carbonyl (C=O) groups excluding carboxylic acids is 1. The summed E-state index contributed by atoms with van der Waals surface area (Å²) in [7, 11) is 0. The number of rotatable bonds is 4. The number of fused-ring (bicyclic) bond motifs is 4. The average molecular weight is 395 g/mol. The van der Waals surface area contributed by atoms with Crippen LogP contribution >= 0.6 is 0 Å². The maximum atomic E-state index is 13.0. The normalized spacial score (nSPS) is 37.1. The van der Waals surface area contributed by atoms with E-state index in [1.54, 1.807) is 0 Å². The molecule has 1 aromatic rings. The van der Waals surface area contributed by atoms with Crippen LogP contribution in [0.15, 0.2) is 30.3 Å². The summed E-state index contributed by atoms with van der Waals surface area (Å²) >= 11 is 0. The SMILES string of the molecule is CCC(=O)N(c1ccccc1)C1CC2CCCC(C1)N2C1CC2CCCC(C2)C1. The van der Waals surface area contributed by atoms with E-state index in [9.17, 15) is 4.79 Å². The molecule has 5 rings (SSSR count). The van der Waals surface area contributed by atoms with E-state index < -0.39 is 0 Å². The van der Waals surface area contributed by atoms with E-state index in [4.69, 9.17) is 0 Å². The fourth-order valence-corrected chi connectivity index (χ4v) is 7.45. The molecule has 3 heteroatoms. The molecule has 4 unspecified atom stereocenters. The average Bonchev–Trinajstić information content (AvgIpc) is 2.73.